The van der Waals surface area contributed by atoms with Crippen molar-refractivity contribution in [2.75, 3.05) is 5.75 Å². The summed E-state index contributed by atoms with van der Waals surface area (Å²) in [4.78, 5) is 12.3. The Morgan fingerprint density at radius 3 is 2.55 bits per heavy atom. The zero-order chi connectivity index (χ0) is 16.3. The molecule has 1 aromatic rings. The summed E-state index contributed by atoms with van der Waals surface area (Å²) in [5, 5.41) is 0.508. The number of carbonyl (C=O) groups excluding carboxylic acids is 1. The van der Waals surface area contributed by atoms with Gasteiger partial charge in [-0.3, -0.25) is 4.79 Å². The zero-order valence-electron chi connectivity index (χ0n) is 11.9. The van der Waals surface area contributed by atoms with Gasteiger partial charge in [0.15, 0.2) is 6.10 Å². The van der Waals surface area contributed by atoms with E-state index in [9.17, 15) is 13.2 Å². The van der Waals surface area contributed by atoms with Crippen LogP contribution < -0.4 is 5.73 Å². The third kappa shape index (κ3) is 3.72. The van der Waals surface area contributed by atoms with Crippen molar-refractivity contribution in [3.8, 4) is 0 Å². The maximum Gasteiger partial charge on any atom is 0.309 e. The van der Waals surface area contributed by atoms with E-state index >= 15 is 0 Å². The molecule has 22 heavy (non-hydrogen) atoms. The highest BCUT2D eigenvalue weighted by Gasteiger charge is 2.39. The van der Waals surface area contributed by atoms with E-state index in [1.165, 1.54) is 0 Å². The summed E-state index contributed by atoms with van der Waals surface area (Å²) in [5.74, 6) is -1.60. The molecule has 2 N–H and O–H groups in total. The lowest BCUT2D eigenvalue weighted by atomic mass is 10.1. The van der Waals surface area contributed by atoms with E-state index in [-0.39, 0.29) is 11.6 Å². The van der Waals surface area contributed by atoms with Crippen LogP contribution in [0.25, 0.3) is 0 Å². The van der Waals surface area contributed by atoms with E-state index in [0.717, 1.165) is 0 Å². The van der Waals surface area contributed by atoms with E-state index in [1.807, 2.05) is 6.92 Å². The van der Waals surface area contributed by atoms with Gasteiger partial charge in [0.1, 0.15) is 0 Å². The van der Waals surface area contributed by atoms with Crippen molar-refractivity contribution >= 4 is 27.5 Å². The molecule has 0 aliphatic carbocycles. The molecule has 0 bridgehead atoms. The number of ether oxygens (including phenoxy) is 1. The first kappa shape index (κ1) is 16.6. The summed E-state index contributed by atoms with van der Waals surface area (Å²) in [6.45, 7) is 1.85. The second-order valence-corrected chi connectivity index (χ2v) is 6.93. The average Bonchev–Trinajstić information content (AvgIpc) is 2.74. The Morgan fingerprint density at radius 2 is 1.95 bits per heavy atom. The number of unbranched alkanes of at least 4 members (excludes halogenated alkanes) is 1. The summed E-state index contributed by atoms with van der Waals surface area (Å²) < 4.78 is 33.6. The molecule has 0 amide bonds. The van der Waals surface area contributed by atoms with Gasteiger partial charge in [-0.25, -0.2) is 0 Å². The molecule has 1 aliphatic heterocycles. The van der Waals surface area contributed by atoms with Crippen LogP contribution in [0.5, 0.6) is 0 Å². The summed E-state index contributed by atoms with van der Waals surface area (Å²) in [5.41, 5.74) is 6.10. The molecule has 2 rings (SSSR count). The molecular formula is C14H16ClNO5S. The molecule has 0 saturated heterocycles. The quantitative estimate of drug-likeness (QED) is 0.794. The third-order valence-corrected chi connectivity index (χ3v) is 4.52. The van der Waals surface area contributed by atoms with Crippen LogP contribution in [0.4, 0.5) is 0 Å². The smallest absolute Gasteiger partial charge is 0.309 e. The van der Waals surface area contributed by atoms with E-state index in [4.69, 9.17) is 26.3 Å². The molecule has 0 saturated carbocycles. The van der Waals surface area contributed by atoms with Crippen molar-refractivity contribution in [2.45, 2.75) is 25.9 Å². The van der Waals surface area contributed by atoms with Crippen LogP contribution in [-0.4, -0.2) is 20.0 Å². The molecule has 1 aromatic carbocycles. The first-order valence-electron chi connectivity index (χ1n) is 6.72. The van der Waals surface area contributed by atoms with E-state index in [1.54, 1.807) is 24.3 Å². The summed E-state index contributed by atoms with van der Waals surface area (Å²) >= 11 is 5.78. The van der Waals surface area contributed by atoms with Gasteiger partial charge in [0.05, 0.1) is 5.75 Å². The average molecular weight is 346 g/mol. The van der Waals surface area contributed by atoms with Crippen LogP contribution in [-0.2, 0) is 23.8 Å². The van der Waals surface area contributed by atoms with Crippen molar-refractivity contribution in [1.82, 2.24) is 0 Å². The van der Waals surface area contributed by atoms with Gasteiger partial charge in [-0.1, -0.05) is 37.1 Å². The Kier molecular flexibility index (Phi) is 4.97. The number of carbonyl (C=O) groups is 1. The number of rotatable bonds is 6. The van der Waals surface area contributed by atoms with Crippen LogP contribution in [0, 0.1) is 0 Å². The SMILES string of the molecule is CCCCS(=O)(=O)OC1=C(N)OC(c2ccc(Cl)cc2)C1=O. The van der Waals surface area contributed by atoms with Crippen LogP contribution in [0.2, 0.25) is 5.02 Å². The Hall–Kier alpha value is -1.73. The number of benzene rings is 1. The predicted octanol–water partition coefficient (Wildman–Crippen LogP) is 2.25. The lowest BCUT2D eigenvalue weighted by molar-refractivity contribution is -0.123. The number of Topliss-reactive ketones (excluding diaryl/α,β-unsaturated/α-hetero) is 1. The predicted molar refractivity (Wildman–Crippen MR) is 81.3 cm³/mol. The van der Waals surface area contributed by atoms with Gasteiger partial charge in [-0.15, -0.1) is 0 Å². The molecule has 0 aromatic heterocycles. The Labute approximate surface area is 134 Å². The van der Waals surface area contributed by atoms with Gasteiger partial charge < -0.3 is 14.7 Å². The molecule has 1 atom stereocenters. The molecule has 8 heteroatoms. The van der Waals surface area contributed by atoms with Crippen molar-refractivity contribution < 1.29 is 22.1 Å². The molecule has 1 unspecified atom stereocenters. The fourth-order valence-corrected chi connectivity index (χ4v) is 3.17. The standard InChI is InChI=1S/C14H16ClNO5S/c1-2-3-8-22(18,19)21-13-11(17)12(20-14(13)16)9-4-6-10(15)7-5-9/h4-7,12H,2-3,8,16H2,1H3. The van der Waals surface area contributed by atoms with Crippen LogP contribution in [0.1, 0.15) is 31.4 Å². The normalized spacial score (nSPS) is 18.5. The Bertz CT molecular complexity index is 696. The molecule has 0 spiro atoms. The second kappa shape index (κ2) is 6.58. The summed E-state index contributed by atoms with van der Waals surface area (Å²) in [6.07, 6.45) is 0.105. The van der Waals surface area contributed by atoms with Gasteiger partial charge in [0, 0.05) is 10.6 Å². The minimum absolute atomic E-state index is 0.181. The lowest BCUT2D eigenvalue weighted by Crippen LogP contribution is -2.17. The highest BCUT2D eigenvalue weighted by atomic mass is 35.5. The van der Waals surface area contributed by atoms with E-state index in [2.05, 4.69) is 0 Å². The Morgan fingerprint density at radius 1 is 1.32 bits per heavy atom. The van der Waals surface area contributed by atoms with Gasteiger partial charge in [-0.2, -0.15) is 8.42 Å². The largest absolute Gasteiger partial charge is 0.460 e. The van der Waals surface area contributed by atoms with Crippen molar-refractivity contribution in [1.29, 1.82) is 0 Å². The minimum Gasteiger partial charge on any atom is -0.460 e. The second-order valence-electron chi connectivity index (χ2n) is 4.81. The highest BCUT2D eigenvalue weighted by molar-refractivity contribution is 7.86. The number of hydrogen-bond donors (Lipinski definition) is 1. The lowest BCUT2D eigenvalue weighted by Gasteiger charge is -2.09. The zero-order valence-corrected chi connectivity index (χ0v) is 13.5. The molecule has 120 valence electrons. The van der Waals surface area contributed by atoms with Gasteiger partial charge in [0.2, 0.25) is 17.4 Å². The number of nitrogens with two attached hydrogens (primary N) is 1. The monoisotopic (exact) mass is 345 g/mol. The molecule has 0 radical (unpaired) electrons. The summed E-state index contributed by atoms with van der Waals surface area (Å²) in [7, 11) is -3.87. The van der Waals surface area contributed by atoms with Gasteiger partial charge in [-0.05, 0) is 18.6 Å². The van der Waals surface area contributed by atoms with E-state index in [0.29, 0.717) is 23.4 Å². The fraction of sp³-hybridized carbons (Fsp3) is 0.357. The topological polar surface area (TPSA) is 95.7 Å². The van der Waals surface area contributed by atoms with Crippen molar-refractivity contribution in [3.05, 3.63) is 46.5 Å². The fourth-order valence-electron chi connectivity index (χ4n) is 1.90. The van der Waals surface area contributed by atoms with Gasteiger partial charge in [0.25, 0.3) is 0 Å². The number of ketones is 1. The van der Waals surface area contributed by atoms with Crippen molar-refractivity contribution in [2.24, 2.45) is 5.73 Å². The minimum atomic E-state index is -3.87. The summed E-state index contributed by atoms with van der Waals surface area (Å²) in [6, 6.07) is 6.40. The molecule has 1 heterocycles. The molecule has 1 aliphatic rings. The van der Waals surface area contributed by atoms with Crippen LogP contribution in [0.15, 0.2) is 35.9 Å². The maximum atomic E-state index is 12.3. The maximum absolute atomic E-state index is 12.3. The van der Waals surface area contributed by atoms with E-state index < -0.39 is 27.8 Å². The van der Waals surface area contributed by atoms with Crippen LogP contribution >= 0.6 is 11.6 Å². The number of hydrogen-bond acceptors (Lipinski definition) is 6. The third-order valence-electron chi connectivity index (χ3n) is 3.06. The van der Waals surface area contributed by atoms with Crippen LogP contribution in [0.3, 0.4) is 0 Å². The highest BCUT2D eigenvalue weighted by Crippen LogP contribution is 2.32. The molecule has 0 fully saturated rings. The number of halogens is 1. The molecular weight excluding hydrogens is 330 g/mol. The van der Waals surface area contributed by atoms with Crippen molar-refractivity contribution in [3.63, 3.8) is 0 Å². The Balaban J connectivity index is 2.16. The van der Waals surface area contributed by atoms with Gasteiger partial charge >= 0.3 is 10.1 Å². The molecule has 6 nitrogen and oxygen atoms in total. The first-order valence-corrected chi connectivity index (χ1v) is 8.68. The first-order chi connectivity index (χ1) is 10.3.